The van der Waals surface area contributed by atoms with Gasteiger partial charge in [-0.3, -0.25) is 14.5 Å². The number of rotatable bonds is 7. The number of hydrogen-bond acceptors (Lipinski definition) is 6. The molecule has 1 aromatic heterocycles. The van der Waals surface area contributed by atoms with E-state index in [0.29, 0.717) is 30.5 Å². The summed E-state index contributed by atoms with van der Waals surface area (Å²) in [4.78, 5) is 30.2. The monoisotopic (exact) mass is 476 g/mol. The minimum Gasteiger partial charge on any atom is -0.379 e. The van der Waals surface area contributed by atoms with Crippen LogP contribution in [0.5, 0.6) is 0 Å². The minimum atomic E-state index is -3.67. The fraction of sp³-hybridized carbons (Fsp3) is 0.565. The average Bonchev–Trinajstić information content (AvgIpc) is 3.12. The molecule has 33 heavy (non-hydrogen) atoms. The van der Waals surface area contributed by atoms with Gasteiger partial charge in [0.2, 0.25) is 15.6 Å². The van der Waals surface area contributed by atoms with Gasteiger partial charge in [0.25, 0.3) is 5.91 Å². The first kappa shape index (κ1) is 23.9. The normalized spacial score (nSPS) is 18.8. The Balaban J connectivity index is 1.52. The summed E-state index contributed by atoms with van der Waals surface area (Å²) >= 11 is 0. The molecule has 2 N–H and O–H groups in total. The van der Waals surface area contributed by atoms with Crippen LogP contribution in [-0.4, -0.2) is 81.0 Å². The van der Waals surface area contributed by atoms with Crippen LogP contribution in [0.2, 0.25) is 0 Å². The third-order valence-corrected chi connectivity index (χ3v) is 8.20. The van der Waals surface area contributed by atoms with Crippen molar-refractivity contribution in [2.75, 3.05) is 52.5 Å². The number of ether oxygens (including phenoxy) is 1. The first-order valence-electron chi connectivity index (χ1n) is 11.7. The van der Waals surface area contributed by atoms with Crippen molar-refractivity contribution in [3.63, 3.8) is 0 Å². The van der Waals surface area contributed by atoms with Gasteiger partial charge in [0, 0.05) is 49.7 Å². The van der Waals surface area contributed by atoms with Gasteiger partial charge in [-0.25, -0.2) is 8.42 Å². The van der Waals surface area contributed by atoms with E-state index in [9.17, 15) is 18.0 Å². The molecule has 9 nitrogen and oxygen atoms in total. The summed E-state index contributed by atoms with van der Waals surface area (Å²) in [6, 6.07) is 5.81. The van der Waals surface area contributed by atoms with Crippen molar-refractivity contribution in [3.05, 3.63) is 40.2 Å². The van der Waals surface area contributed by atoms with Crippen LogP contribution in [0, 0.1) is 0 Å². The van der Waals surface area contributed by atoms with Crippen LogP contribution >= 0.6 is 0 Å². The highest BCUT2D eigenvalue weighted by Gasteiger charge is 2.26. The van der Waals surface area contributed by atoms with Gasteiger partial charge < -0.3 is 15.0 Å². The Morgan fingerprint density at radius 3 is 2.48 bits per heavy atom. The second-order valence-corrected chi connectivity index (χ2v) is 10.6. The zero-order valence-corrected chi connectivity index (χ0v) is 19.7. The number of amides is 1. The van der Waals surface area contributed by atoms with Gasteiger partial charge in [-0.15, -0.1) is 0 Å². The molecule has 0 atom stereocenters. The van der Waals surface area contributed by atoms with Crippen molar-refractivity contribution in [3.8, 4) is 0 Å². The number of hydrogen-bond donors (Lipinski definition) is 2. The Bertz CT molecular complexity index is 1130. The maximum atomic E-state index is 13.2. The molecule has 0 unspecified atom stereocenters. The predicted molar refractivity (Wildman–Crippen MR) is 126 cm³/mol. The van der Waals surface area contributed by atoms with E-state index in [4.69, 9.17) is 4.74 Å². The predicted octanol–water partition coefficient (Wildman–Crippen LogP) is 1.54. The van der Waals surface area contributed by atoms with Gasteiger partial charge in [0.1, 0.15) is 0 Å². The molecule has 2 saturated heterocycles. The maximum absolute atomic E-state index is 13.2. The molecule has 0 saturated carbocycles. The summed E-state index contributed by atoms with van der Waals surface area (Å²) in [6.45, 7) is 5.57. The van der Waals surface area contributed by atoms with Crippen LogP contribution < -0.4 is 10.9 Å². The van der Waals surface area contributed by atoms with Gasteiger partial charge in [-0.05, 0) is 44.0 Å². The Labute approximate surface area is 194 Å². The van der Waals surface area contributed by atoms with Crippen LogP contribution in [0.1, 0.15) is 42.5 Å². The molecular formula is C23H32N4O5S. The largest absolute Gasteiger partial charge is 0.379 e. The van der Waals surface area contributed by atoms with Crippen LogP contribution in [-0.2, 0) is 14.8 Å². The van der Waals surface area contributed by atoms with Crippen LogP contribution in [0.15, 0.2) is 34.0 Å². The molecule has 4 rings (SSSR count). The Kier molecular flexibility index (Phi) is 7.79. The molecule has 2 aromatic rings. The van der Waals surface area contributed by atoms with Crippen molar-refractivity contribution >= 4 is 26.8 Å². The van der Waals surface area contributed by atoms with Crippen LogP contribution in [0.3, 0.4) is 0 Å². The average molecular weight is 477 g/mol. The van der Waals surface area contributed by atoms with Gasteiger partial charge >= 0.3 is 0 Å². The smallest absolute Gasteiger partial charge is 0.252 e. The quantitative estimate of drug-likeness (QED) is 0.587. The molecular weight excluding hydrogens is 444 g/mol. The van der Waals surface area contributed by atoms with Crippen molar-refractivity contribution < 1.29 is 17.9 Å². The second-order valence-electron chi connectivity index (χ2n) is 8.64. The van der Waals surface area contributed by atoms with E-state index in [-0.39, 0.29) is 16.4 Å². The number of fused-ring (bicyclic) bond motifs is 1. The lowest BCUT2D eigenvalue weighted by atomic mass is 10.1. The van der Waals surface area contributed by atoms with E-state index in [2.05, 4.69) is 15.2 Å². The van der Waals surface area contributed by atoms with Crippen LogP contribution in [0.4, 0.5) is 0 Å². The van der Waals surface area contributed by atoms with E-state index in [1.54, 1.807) is 6.07 Å². The maximum Gasteiger partial charge on any atom is 0.252 e. The molecule has 1 aromatic carbocycles. The molecule has 1 amide bonds. The Hall–Kier alpha value is -2.27. The van der Waals surface area contributed by atoms with Gasteiger partial charge in [-0.1, -0.05) is 12.8 Å². The highest BCUT2D eigenvalue weighted by Crippen LogP contribution is 2.24. The molecule has 3 heterocycles. The number of H-pyrrole nitrogens is 1. The number of benzene rings is 1. The van der Waals surface area contributed by atoms with E-state index < -0.39 is 15.6 Å². The number of aromatic nitrogens is 1. The molecule has 2 aliphatic heterocycles. The van der Waals surface area contributed by atoms with Gasteiger partial charge in [-0.2, -0.15) is 4.31 Å². The topological polar surface area (TPSA) is 112 Å². The summed E-state index contributed by atoms with van der Waals surface area (Å²) in [7, 11) is -3.67. The van der Waals surface area contributed by atoms with Crippen molar-refractivity contribution in [1.82, 2.24) is 19.5 Å². The summed E-state index contributed by atoms with van der Waals surface area (Å²) < 4.78 is 33.3. The van der Waals surface area contributed by atoms with Gasteiger partial charge in [0.15, 0.2) is 0 Å². The second kappa shape index (κ2) is 10.8. The van der Waals surface area contributed by atoms with Crippen LogP contribution in [0.25, 0.3) is 10.9 Å². The number of nitrogens with zero attached hydrogens (tertiary/aromatic N) is 2. The summed E-state index contributed by atoms with van der Waals surface area (Å²) in [5.74, 6) is -0.377. The Morgan fingerprint density at radius 2 is 1.76 bits per heavy atom. The lowest BCUT2D eigenvalue weighted by Gasteiger charge is -2.26. The first-order valence-corrected chi connectivity index (χ1v) is 13.1. The molecule has 0 bridgehead atoms. The minimum absolute atomic E-state index is 0.144. The third-order valence-electron chi connectivity index (χ3n) is 6.30. The number of pyridine rings is 1. The summed E-state index contributed by atoms with van der Waals surface area (Å²) in [6.07, 6.45) is 4.53. The van der Waals surface area contributed by atoms with E-state index in [1.165, 1.54) is 22.5 Å². The Morgan fingerprint density at radius 1 is 1.03 bits per heavy atom. The highest BCUT2D eigenvalue weighted by atomic mass is 32.2. The SMILES string of the molecule is O=C(NCCCN1CCOCC1)c1cc(=O)[nH]c2ccc(S(=O)(=O)N3CCCCCC3)cc12. The number of sulfonamides is 1. The standard InChI is InChI=1S/C23H32N4O5S/c28-22-17-20(23(29)24-8-5-9-26-12-14-32-15-13-26)19-16-18(6-7-21(19)25-22)33(30,31)27-10-3-1-2-4-11-27/h6-7,16-17H,1-5,8-15H2,(H,24,29)(H,25,28). The number of nitrogens with one attached hydrogen (secondary N) is 2. The molecule has 10 heteroatoms. The molecule has 2 fully saturated rings. The van der Waals surface area contributed by atoms with Crippen molar-refractivity contribution in [2.45, 2.75) is 37.0 Å². The highest BCUT2D eigenvalue weighted by molar-refractivity contribution is 7.89. The number of morpholine rings is 1. The fourth-order valence-corrected chi connectivity index (χ4v) is 5.98. The molecule has 0 radical (unpaired) electrons. The molecule has 0 aliphatic carbocycles. The molecule has 2 aliphatic rings. The van der Waals surface area contributed by atoms with E-state index in [0.717, 1.165) is 65.0 Å². The number of aromatic amines is 1. The molecule has 0 spiro atoms. The lowest BCUT2D eigenvalue weighted by Crippen LogP contribution is -2.38. The number of carbonyl (C=O) groups is 1. The zero-order chi connectivity index (χ0) is 23.3. The lowest BCUT2D eigenvalue weighted by molar-refractivity contribution is 0.0374. The first-order chi connectivity index (χ1) is 15.9. The van der Waals surface area contributed by atoms with Crippen molar-refractivity contribution in [2.24, 2.45) is 0 Å². The van der Waals surface area contributed by atoms with Crippen molar-refractivity contribution in [1.29, 1.82) is 0 Å². The van der Waals surface area contributed by atoms with E-state index in [1.807, 2.05) is 0 Å². The number of carbonyl (C=O) groups excluding carboxylic acids is 1. The van der Waals surface area contributed by atoms with E-state index >= 15 is 0 Å². The summed E-state index contributed by atoms with van der Waals surface area (Å²) in [5, 5.41) is 3.31. The fourth-order valence-electron chi connectivity index (χ4n) is 4.44. The summed E-state index contributed by atoms with van der Waals surface area (Å²) in [5.41, 5.74) is 0.230. The molecule has 180 valence electrons. The third kappa shape index (κ3) is 5.81. The zero-order valence-electron chi connectivity index (χ0n) is 18.8. The van der Waals surface area contributed by atoms with Gasteiger partial charge in [0.05, 0.1) is 23.7 Å².